The summed E-state index contributed by atoms with van der Waals surface area (Å²) >= 11 is 1.76. The molecule has 2 heteroatoms. The van der Waals surface area contributed by atoms with Gasteiger partial charge in [0.05, 0.1) is 0 Å². The maximum atomic E-state index is 5.43. The van der Waals surface area contributed by atoms with E-state index in [1.54, 1.807) is 11.3 Å². The number of ether oxygens (including phenoxy) is 1. The van der Waals surface area contributed by atoms with Gasteiger partial charge in [-0.1, -0.05) is 19.1 Å². The van der Waals surface area contributed by atoms with Crippen molar-refractivity contribution in [3.8, 4) is 11.1 Å². The highest BCUT2D eigenvalue weighted by Crippen LogP contribution is 2.29. The van der Waals surface area contributed by atoms with Gasteiger partial charge >= 0.3 is 0 Å². The van der Waals surface area contributed by atoms with Gasteiger partial charge in [-0.15, -0.1) is 0 Å². The fraction of sp³-hybridized carbons (Fsp3) is 0.357. The van der Waals surface area contributed by atoms with Crippen molar-refractivity contribution in [1.82, 2.24) is 0 Å². The predicted octanol–water partition coefficient (Wildman–Crippen LogP) is 4.03. The lowest BCUT2D eigenvalue weighted by Gasteiger charge is -2.04. The molecule has 0 atom stereocenters. The molecule has 1 heterocycles. The Bertz CT molecular complexity index is 394. The Morgan fingerprint density at radius 1 is 1.19 bits per heavy atom. The predicted molar refractivity (Wildman–Crippen MR) is 70.1 cm³/mol. The summed E-state index contributed by atoms with van der Waals surface area (Å²) in [5.41, 5.74) is 4.21. The van der Waals surface area contributed by atoms with Gasteiger partial charge in [0.15, 0.2) is 0 Å². The molecular weight excluding hydrogens is 216 g/mol. The van der Waals surface area contributed by atoms with Gasteiger partial charge in [-0.3, -0.25) is 0 Å². The zero-order chi connectivity index (χ0) is 11.2. The summed E-state index contributed by atoms with van der Waals surface area (Å²) in [7, 11) is 0. The molecule has 0 aromatic carbocycles. The molecular formula is C14H17OS. The number of hydrogen-bond acceptors (Lipinski definition) is 2. The minimum Gasteiger partial charge on any atom is -0.381 e. The van der Waals surface area contributed by atoms with E-state index in [1.165, 1.54) is 16.7 Å². The monoisotopic (exact) mass is 233 g/mol. The molecule has 0 aromatic heterocycles. The quantitative estimate of drug-likeness (QED) is 0.685. The first-order valence-corrected chi connectivity index (χ1v) is 6.67. The summed E-state index contributed by atoms with van der Waals surface area (Å²) in [5.74, 6) is 0. The normalized spacial score (nSPS) is 11.1. The number of rotatable bonds is 6. The van der Waals surface area contributed by atoms with Gasteiger partial charge in [-0.2, -0.15) is 11.3 Å². The summed E-state index contributed by atoms with van der Waals surface area (Å²) in [6, 6.07) is 6.62. The van der Waals surface area contributed by atoms with E-state index in [4.69, 9.17) is 4.74 Å². The summed E-state index contributed by atoms with van der Waals surface area (Å²) < 4.78 is 5.43. The highest BCUT2D eigenvalue weighted by molar-refractivity contribution is 7.07. The van der Waals surface area contributed by atoms with E-state index in [-0.39, 0.29) is 0 Å². The Balaban J connectivity index is 1.86. The van der Waals surface area contributed by atoms with Crippen LogP contribution in [0.15, 0.2) is 29.0 Å². The first-order valence-electron chi connectivity index (χ1n) is 5.72. The van der Waals surface area contributed by atoms with Gasteiger partial charge in [0.2, 0.25) is 0 Å². The van der Waals surface area contributed by atoms with Gasteiger partial charge in [0.1, 0.15) is 0 Å². The summed E-state index contributed by atoms with van der Waals surface area (Å²) in [6.45, 7) is 5.38. The molecule has 85 valence electrons. The van der Waals surface area contributed by atoms with E-state index >= 15 is 0 Å². The van der Waals surface area contributed by atoms with Crippen LogP contribution in [-0.4, -0.2) is 13.2 Å². The van der Waals surface area contributed by atoms with E-state index in [0.717, 1.165) is 32.5 Å². The zero-order valence-corrected chi connectivity index (χ0v) is 10.3. The third-order valence-electron chi connectivity index (χ3n) is 2.66. The molecule has 1 nitrogen and oxygen atoms in total. The topological polar surface area (TPSA) is 9.23 Å². The van der Waals surface area contributed by atoms with Crippen LogP contribution in [0.4, 0.5) is 0 Å². The molecule has 0 spiro atoms. The molecule has 0 saturated heterocycles. The van der Waals surface area contributed by atoms with Crippen LogP contribution in [0.25, 0.3) is 11.1 Å². The van der Waals surface area contributed by atoms with Crippen molar-refractivity contribution in [3.63, 3.8) is 0 Å². The summed E-state index contributed by atoms with van der Waals surface area (Å²) in [6.07, 6.45) is 3.07. The summed E-state index contributed by atoms with van der Waals surface area (Å²) in [5, 5.41) is 4.37. The second-order valence-corrected chi connectivity index (χ2v) is 4.63. The van der Waals surface area contributed by atoms with Crippen LogP contribution in [0.2, 0.25) is 0 Å². The van der Waals surface area contributed by atoms with Crippen molar-refractivity contribution in [2.24, 2.45) is 0 Å². The van der Waals surface area contributed by atoms with Crippen LogP contribution in [-0.2, 0) is 11.2 Å². The van der Waals surface area contributed by atoms with E-state index in [1.807, 2.05) is 0 Å². The Kier molecular flexibility index (Phi) is 4.37. The lowest BCUT2D eigenvalue weighted by Crippen LogP contribution is -1.97. The first-order chi connectivity index (χ1) is 7.92. The largest absolute Gasteiger partial charge is 0.381 e. The Labute approximate surface area is 101 Å². The summed E-state index contributed by atoms with van der Waals surface area (Å²) in [4.78, 5) is 0. The van der Waals surface area contributed by atoms with Gasteiger partial charge in [-0.05, 0) is 52.8 Å². The lowest BCUT2D eigenvalue weighted by atomic mass is 10.1. The van der Waals surface area contributed by atoms with Crippen LogP contribution in [0.1, 0.15) is 18.4 Å². The third-order valence-corrected chi connectivity index (χ3v) is 3.32. The SMILES string of the molecule is [CH2]CCOCCCc1ccc2ccscc1-2. The molecule has 0 saturated carbocycles. The van der Waals surface area contributed by atoms with E-state index in [9.17, 15) is 0 Å². The zero-order valence-electron chi connectivity index (χ0n) is 9.45. The smallest absolute Gasteiger partial charge is 0.0469 e. The molecule has 0 amide bonds. The first kappa shape index (κ1) is 11.6. The maximum Gasteiger partial charge on any atom is 0.0469 e. The average Bonchev–Trinajstić information content (AvgIpc) is 2.73. The van der Waals surface area contributed by atoms with Crippen molar-refractivity contribution >= 4 is 11.3 Å². The second-order valence-electron chi connectivity index (χ2n) is 3.85. The minimum absolute atomic E-state index is 0.782. The number of aryl methyl sites for hydroxylation is 1. The Morgan fingerprint density at radius 3 is 3.00 bits per heavy atom. The van der Waals surface area contributed by atoms with Crippen LogP contribution in [0.5, 0.6) is 0 Å². The van der Waals surface area contributed by atoms with Gasteiger partial charge < -0.3 is 4.74 Å². The molecule has 0 fully saturated rings. The van der Waals surface area contributed by atoms with E-state index in [2.05, 4.69) is 35.9 Å². The fourth-order valence-corrected chi connectivity index (χ4v) is 2.58. The molecule has 2 rings (SSSR count). The third kappa shape index (κ3) is 2.83. The Hall–Kier alpha value is -0.860. The lowest BCUT2D eigenvalue weighted by molar-refractivity contribution is 0.136. The van der Waals surface area contributed by atoms with Crippen molar-refractivity contribution in [3.05, 3.63) is 41.4 Å². The standard InChI is InChI=1S/C14H17OS/c1-2-8-15-9-3-4-12-5-6-13-7-10-16-11-14(12)13/h5-7,10-11H,1-4,8-9H2. The van der Waals surface area contributed by atoms with Crippen molar-refractivity contribution < 1.29 is 4.74 Å². The molecule has 0 N–H and O–H groups in total. The van der Waals surface area contributed by atoms with Gasteiger partial charge in [-0.25, -0.2) is 0 Å². The Morgan fingerprint density at radius 2 is 2.12 bits per heavy atom. The van der Waals surface area contributed by atoms with Gasteiger partial charge in [0.25, 0.3) is 0 Å². The number of fused-ring (bicyclic) bond motifs is 1. The second kappa shape index (κ2) is 6.02. The van der Waals surface area contributed by atoms with Crippen molar-refractivity contribution in [2.75, 3.05) is 13.2 Å². The van der Waals surface area contributed by atoms with Crippen molar-refractivity contribution in [1.29, 1.82) is 0 Å². The molecule has 1 radical (unpaired) electrons. The van der Waals surface area contributed by atoms with Crippen LogP contribution in [0.3, 0.4) is 0 Å². The van der Waals surface area contributed by atoms with Crippen LogP contribution >= 0.6 is 11.3 Å². The van der Waals surface area contributed by atoms with E-state index in [0.29, 0.717) is 0 Å². The molecule has 16 heavy (non-hydrogen) atoms. The number of hydrogen-bond donors (Lipinski definition) is 0. The highest BCUT2D eigenvalue weighted by Gasteiger charge is 2.07. The molecule has 1 aliphatic heterocycles. The maximum absolute atomic E-state index is 5.43. The molecule has 0 aromatic rings. The minimum atomic E-state index is 0.782. The van der Waals surface area contributed by atoms with Crippen molar-refractivity contribution in [2.45, 2.75) is 19.3 Å². The average molecular weight is 233 g/mol. The molecule has 2 aliphatic rings. The molecule has 0 bridgehead atoms. The van der Waals surface area contributed by atoms with Crippen LogP contribution < -0.4 is 0 Å². The fourth-order valence-electron chi connectivity index (χ4n) is 1.85. The molecule has 0 unspecified atom stereocenters. The van der Waals surface area contributed by atoms with E-state index < -0.39 is 0 Å². The van der Waals surface area contributed by atoms with Gasteiger partial charge in [0, 0.05) is 13.2 Å². The molecule has 1 aliphatic carbocycles. The van der Waals surface area contributed by atoms with Crippen LogP contribution in [0, 0.1) is 6.92 Å². The highest BCUT2D eigenvalue weighted by atomic mass is 32.1.